The molecular weight excluding hydrogens is 318 g/mol. The summed E-state index contributed by atoms with van der Waals surface area (Å²) < 4.78 is 27.7. The fraction of sp³-hybridized carbons (Fsp3) is 0.222. The molecule has 4 nitrogen and oxygen atoms in total. The third-order valence-corrected chi connectivity index (χ3v) is 3.71. The van der Waals surface area contributed by atoms with E-state index in [2.05, 4.69) is 0 Å². The van der Waals surface area contributed by atoms with Crippen molar-refractivity contribution >= 4 is 11.8 Å². The van der Waals surface area contributed by atoms with Gasteiger partial charge in [0.15, 0.2) is 5.60 Å². The molecule has 0 radical (unpaired) electrons. The van der Waals surface area contributed by atoms with Crippen molar-refractivity contribution in [3.8, 4) is 0 Å². The van der Waals surface area contributed by atoms with E-state index in [1.807, 2.05) is 6.92 Å². The van der Waals surface area contributed by atoms with Crippen LogP contribution >= 0.6 is 0 Å². The fourth-order valence-electron chi connectivity index (χ4n) is 2.45. The minimum Gasteiger partial charge on any atom is -0.479 e. The van der Waals surface area contributed by atoms with Crippen LogP contribution in [0.2, 0.25) is 0 Å². The van der Waals surface area contributed by atoms with E-state index in [9.17, 15) is 28.6 Å². The predicted octanol–water partition coefficient (Wildman–Crippen LogP) is 2.75. The number of halogens is 2. The van der Waals surface area contributed by atoms with E-state index >= 15 is 0 Å². The van der Waals surface area contributed by atoms with Crippen LogP contribution < -0.4 is 0 Å². The third-order valence-electron chi connectivity index (χ3n) is 3.71. The second-order valence-corrected chi connectivity index (χ2v) is 5.64. The average Bonchev–Trinajstić information content (AvgIpc) is 2.49. The minimum absolute atomic E-state index is 0.147. The molecule has 2 aromatic rings. The zero-order valence-electron chi connectivity index (χ0n) is 12.9. The summed E-state index contributed by atoms with van der Waals surface area (Å²) in [4.78, 5) is 23.6. The van der Waals surface area contributed by atoms with Crippen molar-refractivity contribution in [1.82, 2.24) is 0 Å². The number of carboxylic acid groups (broad SMARTS) is 1. The summed E-state index contributed by atoms with van der Waals surface area (Å²) in [6, 6.07) is 9.65. The van der Waals surface area contributed by atoms with Gasteiger partial charge in [0.1, 0.15) is 17.4 Å². The molecule has 1 unspecified atom stereocenters. The largest absolute Gasteiger partial charge is 0.479 e. The lowest BCUT2D eigenvalue weighted by Crippen LogP contribution is -2.40. The SMILES string of the molecule is Cc1ccc(CC(=O)CC(O)(C(=O)O)c2c(F)cccc2F)cc1. The van der Waals surface area contributed by atoms with Crippen molar-refractivity contribution in [3.63, 3.8) is 0 Å². The van der Waals surface area contributed by atoms with Gasteiger partial charge in [-0.1, -0.05) is 35.9 Å². The van der Waals surface area contributed by atoms with Gasteiger partial charge in [-0.15, -0.1) is 0 Å². The highest BCUT2D eigenvalue weighted by Gasteiger charge is 2.44. The molecule has 126 valence electrons. The van der Waals surface area contributed by atoms with E-state index in [1.165, 1.54) is 0 Å². The number of carbonyl (C=O) groups excluding carboxylic acids is 1. The van der Waals surface area contributed by atoms with Gasteiger partial charge in [0.05, 0.1) is 12.0 Å². The third kappa shape index (κ3) is 3.65. The van der Waals surface area contributed by atoms with Crippen molar-refractivity contribution in [1.29, 1.82) is 0 Å². The highest BCUT2D eigenvalue weighted by atomic mass is 19.1. The van der Waals surface area contributed by atoms with Crippen LogP contribution in [0.5, 0.6) is 0 Å². The van der Waals surface area contributed by atoms with Gasteiger partial charge in [0.2, 0.25) is 0 Å². The smallest absolute Gasteiger partial charge is 0.341 e. The summed E-state index contributed by atoms with van der Waals surface area (Å²) in [6.07, 6.45) is -1.08. The van der Waals surface area contributed by atoms with Crippen LogP contribution in [0.1, 0.15) is 23.1 Å². The Balaban J connectivity index is 2.29. The first-order valence-electron chi connectivity index (χ1n) is 7.21. The first kappa shape index (κ1) is 17.7. The molecule has 24 heavy (non-hydrogen) atoms. The molecule has 2 aromatic carbocycles. The molecule has 0 saturated carbocycles. The Hall–Kier alpha value is -2.60. The van der Waals surface area contributed by atoms with Crippen molar-refractivity contribution in [2.75, 3.05) is 0 Å². The lowest BCUT2D eigenvalue weighted by molar-refractivity contribution is -0.163. The Kier molecular flexibility index (Phi) is 5.09. The van der Waals surface area contributed by atoms with Crippen LogP contribution in [0.25, 0.3) is 0 Å². The zero-order chi connectivity index (χ0) is 17.9. The number of aliphatic carboxylic acids is 1. The molecule has 0 aliphatic rings. The summed E-state index contributed by atoms with van der Waals surface area (Å²) in [7, 11) is 0. The van der Waals surface area contributed by atoms with Gasteiger partial charge in [0.25, 0.3) is 0 Å². The summed E-state index contributed by atoms with van der Waals surface area (Å²) in [5.74, 6) is -4.97. The highest BCUT2D eigenvalue weighted by Crippen LogP contribution is 2.31. The lowest BCUT2D eigenvalue weighted by Gasteiger charge is -2.24. The van der Waals surface area contributed by atoms with Crippen LogP contribution in [0.4, 0.5) is 8.78 Å². The van der Waals surface area contributed by atoms with E-state index in [-0.39, 0.29) is 6.42 Å². The van der Waals surface area contributed by atoms with Crippen LogP contribution in [0.3, 0.4) is 0 Å². The minimum atomic E-state index is -2.96. The quantitative estimate of drug-likeness (QED) is 0.852. The molecule has 2 N–H and O–H groups in total. The van der Waals surface area contributed by atoms with E-state index in [0.29, 0.717) is 5.56 Å². The van der Waals surface area contributed by atoms with Crippen LogP contribution in [0, 0.1) is 18.6 Å². The summed E-state index contributed by atoms with van der Waals surface area (Å²) in [6.45, 7) is 1.87. The molecule has 0 heterocycles. The number of hydrogen-bond acceptors (Lipinski definition) is 3. The molecule has 0 amide bonds. The van der Waals surface area contributed by atoms with Gasteiger partial charge in [-0.2, -0.15) is 0 Å². The summed E-state index contributed by atoms with van der Waals surface area (Å²) in [5, 5.41) is 19.6. The fourth-order valence-corrected chi connectivity index (χ4v) is 2.45. The molecule has 0 fully saturated rings. The number of carboxylic acids is 1. The maximum atomic E-state index is 13.9. The van der Waals surface area contributed by atoms with Gasteiger partial charge in [-0.25, -0.2) is 13.6 Å². The topological polar surface area (TPSA) is 74.6 Å². The molecular formula is C18H16F2O4. The monoisotopic (exact) mass is 334 g/mol. The lowest BCUT2D eigenvalue weighted by atomic mass is 9.86. The number of carbonyl (C=O) groups is 2. The van der Waals surface area contributed by atoms with Crippen molar-refractivity contribution in [2.45, 2.75) is 25.4 Å². The molecule has 0 aromatic heterocycles. The normalized spacial score (nSPS) is 13.3. The zero-order valence-corrected chi connectivity index (χ0v) is 12.9. The first-order valence-corrected chi connectivity index (χ1v) is 7.21. The maximum absolute atomic E-state index is 13.9. The van der Waals surface area contributed by atoms with E-state index in [1.54, 1.807) is 24.3 Å². The number of benzene rings is 2. The summed E-state index contributed by atoms with van der Waals surface area (Å²) >= 11 is 0. The number of rotatable bonds is 6. The van der Waals surface area contributed by atoms with E-state index < -0.39 is 41.0 Å². The van der Waals surface area contributed by atoms with Crippen molar-refractivity contribution in [3.05, 3.63) is 70.8 Å². The molecule has 6 heteroatoms. The first-order chi connectivity index (χ1) is 11.2. The van der Waals surface area contributed by atoms with Gasteiger partial charge >= 0.3 is 5.97 Å². The van der Waals surface area contributed by atoms with Crippen molar-refractivity contribution in [2.24, 2.45) is 0 Å². The van der Waals surface area contributed by atoms with E-state index in [4.69, 9.17) is 0 Å². The Morgan fingerprint density at radius 3 is 2.08 bits per heavy atom. The van der Waals surface area contributed by atoms with Gasteiger partial charge < -0.3 is 10.2 Å². The molecule has 0 aliphatic heterocycles. The van der Waals surface area contributed by atoms with Crippen LogP contribution in [0.15, 0.2) is 42.5 Å². The molecule has 0 saturated heterocycles. The Bertz CT molecular complexity index is 751. The standard InChI is InChI=1S/C18H16F2O4/c1-11-5-7-12(8-6-11)9-13(21)10-18(24,17(22)23)16-14(19)3-2-4-15(16)20/h2-8,24H,9-10H2,1H3,(H,22,23). The number of hydrogen-bond donors (Lipinski definition) is 2. The highest BCUT2D eigenvalue weighted by molar-refractivity contribution is 5.90. The number of aryl methyl sites for hydroxylation is 1. The van der Waals surface area contributed by atoms with Gasteiger partial charge in [-0.05, 0) is 24.6 Å². The molecule has 2 rings (SSSR count). The molecule has 0 bridgehead atoms. The maximum Gasteiger partial charge on any atom is 0.341 e. The summed E-state index contributed by atoms with van der Waals surface area (Å²) in [5.41, 5.74) is -2.39. The second-order valence-electron chi connectivity index (χ2n) is 5.64. The predicted molar refractivity (Wildman–Crippen MR) is 82.4 cm³/mol. The average molecular weight is 334 g/mol. The van der Waals surface area contributed by atoms with E-state index in [0.717, 1.165) is 23.8 Å². The number of ketones is 1. The molecule has 0 spiro atoms. The van der Waals surface area contributed by atoms with Gasteiger partial charge in [-0.3, -0.25) is 4.79 Å². The molecule has 1 atom stereocenters. The van der Waals surface area contributed by atoms with Crippen LogP contribution in [-0.2, 0) is 21.6 Å². The molecule has 0 aliphatic carbocycles. The number of aliphatic hydroxyl groups is 1. The van der Waals surface area contributed by atoms with Crippen LogP contribution in [-0.4, -0.2) is 22.0 Å². The Morgan fingerprint density at radius 2 is 1.58 bits per heavy atom. The number of Topliss-reactive ketones (excluding diaryl/α,β-unsaturated/α-hetero) is 1. The van der Waals surface area contributed by atoms with Crippen molar-refractivity contribution < 1.29 is 28.6 Å². The van der Waals surface area contributed by atoms with Gasteiger partial charge in [0, 0.05) is 6.42 Å². The second kappa shape index (κ2) is 6.88. The Labute approximate surface area is 137 Å². The Morgan fingerprint density at radius 1 is 1.04 bits per heavy atom.